The van der Waals surface area contributed by atoms with E-state index in [-0.39, 0.29) is 6.61 Å². The van der Waals surface area contributed by atoms with Crippen molar-refractivity contribution in [3.8, 4) is 5.75 Å². The minimum absolute atomic E-state index is 0.270. The maximum Gasteiger partial charge on any atom is 0.370 e. The molecule has 19 heavy (non-hydrogen) atoms. The molecule has 2 heterocycles. The molecule has 98 valence electrons. The van der Waals surface area contributed by atoms with Gasteiger partial charge in [0.05, 0.1) is 12.1 Å². The van der Waals surface area contributed by atoms with Crippen LogP contribution in [0.2, 0.25) is 0 Å². The smallest absolute Gasteiger partial charge is 0.370 e. The Bertz CT molecular complexity index is 806. The molecule has 7 heteroatoms. The summed E-state index contributed by atoms with van der Waals surface area (Å²) < 4.78 is 6.57. The number of aliphatic hydroxyl groups is 1. The fourth-order valence-electron chi connectivity index (χ4n) is 1.99. The van der Waals surface area contributed by atoms with Gasteiger partial charge < -0.3 is 14.8 Å². The summed E-state index contributed by atoms with van der Waals surface area (Å²) in [4.78, 5) is 18.6. The van der Waals surface area contributed by atoms with E-state index in [9.17, 15) is 4.79 Å². The summed E-state index contributed by atoms with van der Waals surface area (Å²) in [5, 5.41) is 13.8. The standard InChI is InChI=1S/C12H12N4O3/c1-2-19-7-3-4-9-8(5-7)11-14-10(6-17)15-16(11)12(18)13-9/h3-5,17H,2,6H2,1H3,(H,14,15). The molecule has 7 nitrogen and oxygen atoms in total. The summed E-state index contributed by atoms with van der Waals surface area (Å²) in [7, 11) is 0. The third kappa shape index (κ3) is 1.84. The molecule has 0 radical (unpaired) electrons. The van der Waals surface area contributed by atoms with Crippen molar-refractivity contribution < 1.29 is 9.84 Å². The molecule has 0 atom stereocenters. The van der Waals surface area contributed by atoms with Gasteiger partial charge in [-0.05, 0) is 25.1 Å². The number of hydrogen-bond donors (Lipinski definition) is 2. The lowest BCUT2D eigenvalue weighted by molar-refractivity contribution is 0.271. The Labute approximate surface area is 107 Å². The molecule has 1 aromatic carbocycles. The third-order valence-corrected chi connectivity index (χ3v) is 2.78. The van der Waals surface area contributed by atoms with Gasteiger partial charge in [-0.2, -0.15) is 9.50 Å². The van der Waals surface area contributed by atoms with Crippen LogP contribution in [0.1, 0.15) is 12.7 Å². The quantitative estimate of drug-likeness (QED) is 0.713. The first-order valence-corrected chi connectivity index (χ1v) is 5.88. The van der Waals surface area contributed by atoms with Crippen LogP contribution in [-0.4, -0.2) is 31.3 Å². The maximum absolute atomic E-state index is 11.8. The first-order valence-electron chi connectivity index (χ1n) is 5.88. The molecule has 3 rings (SSSR count). The van der Waals surface area contributed by atoms with E-state index >= 15 is 0 Å². The number of ether oxygens (including phenoxy) is 1. The van der Waals surface area contributed by atoms with Gasteiger partial charge in [0.2, 0.25) is 0 Å². The lowest BCUT2D eigenvalue weighted by atomic mass is 10.2. The molecule has 0 spiro atoms. The van der Waals surface area contributed by atoms with Crippen molar-refractivity contribution in [2.45, 2.75) is 13.5 Å². The number of H-pyrrole nitrogens is 1. The summed E-state index contributed by atoms with van der Waals surface area (Å²) in [6.45, 7) is 2.18. The molecule has 0 aliphatic rings. The lowest BCUT2D eigenvalue weighted by Crippen LogP contribution is -2.17. The topological polar surface area (TPSA) is 92.5 Å². The average molecular weight is 260 g/mol. The van der Waals surface area contributed by atoms with Gasteiger partial charge in [-0.25, -0.2) is 4.79 Å². The van der Waals surface area contributed by atoms with Crippen molar-refractivity contribution in [1.82, 2.24) is 19.6 Å². The van der Waals surface area contributed by atoms with Crippen LogP contribution in [0.4, 0.5) is 0 Å². The zero-order valence-electron chi connectivity index (χ0n) is 10.3. The number of fused-ring (bicyclic) bond motifs is 3. The van der Waals surface area contributed by atoms with Crippen LogP contribution in [0.25, 0.3) is 16.6 Å². The number of aromatic nitrogens is 4. The zero-order valence-corrected chi connectivity index (χ0v) is 10.3. The van der Waals surface area contributed by atoms with Crippen molar-refractivity contribution in [3.63, 3.8) is 0 Å². The highest BCUT2D eigenvalue weighted by Crippen LogP contribution is 2.21. The van der Waals surface area contributed by atoms with Gasteiger partial charge >= 0.3 is 5.69 Å². The van der Waals surface area contributed by atoms with Crippen LogP contribution in [0.3, 0.4) is 0 Å². The largest absolute Gasteiger partial charge is 0.494 e. The van der Waals surface area contributed by atoms with Gasteiger partial charge in [0.1, 0.15) is 18.0 Å². The first-order chi connectivity index (χ1) is 9.22. The molecular weight excluding hydrogens is 248 g/mol. The maximum atomic E-state index is 11.8. The van der Waals surface area contributed by atoms with Crippen LogP contribution < -0.4 is 10.4 Å². The highest BCUT2D eigenvalue weighted by atomic mass is 16.5. The molecule has 0 bridgehead atoms. The van der Waals surface area contributed by atoms with E-state index in [0.717, 1.165) is 9.90 Å². The van der Waals surface area contributed by atoms with Crippen LogP contribution in [-0.2, 0) is 6.61 Å². The summed E-state index contributed by atoms with van der Waals surface area (Å²) in [6.07, 6.45) is 0. The Morgan fingerprint density at radius 1 is 1.47 bits per heavy atom. The number of aromatic amines is 1. The molecule has 0 unspecified atom stereocenters. The van der Waals surface area contributed by atoms with Gasteiger partial charge in [-0.1, -0.05) is 0 Å². The van der Waals surface area contributed by atoms with E-state index in [1.807, 2.05) is 6.92 Å². The fourth-order valence-corrected chi connectivity index (χ4v) is 1.99. The predicted molar refractivity (Wildman–Crippen MR) is 68.2 cm³/mol. The molecule has 0 aliphatic carbocycles. The lowest BCUT2D eigenvalue weighted by Gasteiger charge is -2.04. The van der Waals surface area contributed by atoms with Crippen LogP contribution in [0.5, 0.6) is 5.75 Å². The molecular formula is C12H12N4O3. The number of benzene rings is 1. The third-order valence-electron chi connectivity index (χ3n) is 2.78. The second-order valence-electron chi connectivity index (χ2n) is 4.00. The van der Waals surface area contributed by atoms with Crippen molar-refractivity contribution in [1.29, 1.82) is 0 Å². The molecule has 3 aromatic rings. The molecule has 2 N–H and O–H groups in total. The Morgan fingerprint density at radius 2 is 2.32 bits per heavy atom. The van der Waals surface area contributed by atoms with E-state index in [1.54, 1.807) is 18.2 Å². The Hall–Kier alpha value is -2.41. The number of rotatable bonds is 3. The fraction of sp³-hybridized carbons (Fsp3) is 0.250. The highest BCUT2D eigenvalue weighted by Gasteiger charge is 2.10. The van der Waals surface area contributed by atoms with Gasteiger partial charge in [0, 0.05) is 5.39 Å². The van der Waals surface area contributed by atoms with Gasteiger partial charge in [-0.3, -0.25) is 0 Å². The first kappa shape index (κ1) is 11.7. The molecule has 0 amide bonds. The highest BCUT2D eigenvalue weighted by molar-refractivity contribution is 5.91. The summed E-state index contributed by atoms with van der Waals surface area (Å²) in [5.41, 5.74) is 0.574. The van der Waals surface area contributed by atoms with Crippen molar-refractivity contribution in [3.05, 3.63) is 34.5 Å². The van der Waals surface area contributed by atoms with Gasteiger partial charge in [0.25, 0.3) is 0 Å². The number of hydrogen-bond acceptors (Lipinski definition) is 5. The molecule has 0 fully saturated rings. The number of nitrogens with zero attached hydrogens (tertiary/aromatic N) is 3. The van der Waals surface area contributed by atoms with Gasteiger partial charge in [-0.15, -0.1) is 5.10 Å². The summed E-state index contributed by atoms with van der Waals surface area (Å²) in [5.74, 6) is 1.01. The summed E-state index contributed by atoms with van der Waals surface area (Å²) >= 11 is 0. The van der Waals surface area contributed by atoms with E-state index < -0.39 is 5.69 Å². The average Bonchev–Trinajstić information content (AvgIpc) is 2.85. The minimum Gasteiger partial charge on any atom is -0.494 e. The SMILES string of the molecule is CCOc1ccc2nc(=O)n3nc(CO)[nH]c3c2c1. The van der Waals surface area contributed by atoms with Crippen LogP contribution in [0, 0.1) is 0 Å². The minimum atomic E-state index is -0.484. The van der Waals surface area contributed by atoms with E-state index in [1.165, 1.54) is 0 Å². The summed E-state index contributed by atoms with van der Waals surface area (Å²) in [6, 6.07) is 5.28. The Balaban J connectivity index is 2.37. The second-order valence-corrected chi connectivity index (χ2v) is 4.00. The van der Waals surface area contributed by atoms with Crippen molar-refractivity contribution in [2.24, 2.45) is 0 Å². The van der Waals surface area contributed by atoms with Crippen molar-refractivity contribution >= 4 is 16.6 Å². The van der Waals surface area contributed by atoms with E-state index in [2.05, 4.69) is 15.1 Å². The Morgan fingerprint density at radius 3 is 3.05 bits per heavy atom. The van der Waals surface area contributed by atoms with Gasteiger partial charge in [0.15, 0.2) is 5.82 Å². The normalized spacial score (nSPS) is 11.3. The van der Waals surface area contributed by atoms with Crippen LogP contribution in [0.15, 0.2) is 23.0 Å². The molecule has 0 saturated heterocycles. The zero-order chi connectivity index (χ0) is 13.4. The number of nitrogens with one attached hydrogen (secondary N) is 1. The Kier molecular flexibility index (Phi) is 2.68. The molecule has 0 aliphatic heterocycles. The van der Waals surface area contributed by atoms with E-state index in [4.69, 9.17) is 9.84 Å². The van der Waals surface area contributed by atoms with Crippen LogP contribution >= 0.6 is 0 Å². The monoisotopic (exact) mass is 260 g/mol. The molecule has 2 aromatic heterocycles. The molecule has 0 saturated carbocycles. The van der Waals surface area contributed by atoms with Crippen molar-refractivity contribution in [2.75, 3.05) is 6.61 Å². The second kappa shape index (κ2) is 4.36. The number of aliphatic hydroxyl groups excluding tert-OH is 1. The van der Waals surface area contributed by atoms with E-state index in [0.29, 0.717) is 29.3 Å². The predicted octanol–water partition coefficient (Wildman–Crippen LogP) is 0.462.